The molecule has 2 aromatic heterocycles. The molecule has 1 aliphatic heterocycles. The van der Waals surface area contributed by atoms with Gasteiger partial charge in [0.1, 0.15) is 11.2 Å². The Morgan fingerprint density at radius 2 is 1.93 bits per heavy atom. The van der Waals surface area contributed by atoms with Crippen molar-refractivity contribution in [3.63, 3.8) is 0 Å². The van der Waals surface area contributed by atoms with Gasteiger partial charge in [0.25, 0.3) is 0 Å². The molecular weight excluding hydrogens is 555 g/mol. The first-order valence-corrected chi connectivity index (χ1v) is 14.5. The van der Waals surface area contributed by atoms with Crippen LogP contribution in [0.3, 0.4) is 0 Å². The van der Waals surface area contributed by atoms with Crippen molar-refractivity contribution < 1.29 is 0 Å². The lowest BCUT2D eigenvalue weighted by molar-refractivity contribution is 0.260. The zero-order valence-electron chi connectivity index (χ0n) is 22.7. The van der Waals surface area contributed by atoms with E-state index in [-0.39, 0.29) is 12.1 Å². The van der Waals surface area contributed by atoms with Crippen LogP contribution in [0, 0.1) is 18.3 Å². The van der Waals surface area contributed by atoms with Gasteiger partial charge in [0.15, 0.2) is 0 Å². The van der Waals surface area contributed by atoms with Crippen LogP contribution in [0.15, 0.2) is 72.7 Å². The van der Waals surface area contributed by atoms with Gasteiger partial charge in [-0.25, -0.2) is 4.98 Å². The molecule has 0 saturated heterocycles. The number of rotatable bonds is 9. The third-order valence-corrected chi connectivity index (χ3v) is 8.05. The number of hydrogen-bond acceptors (Lipinski definition) is 8. The number of aryl methyl sites for hydroxylation is 1. The number of nitrogens with zero attached hydrogens (tertiary/aromatic N) is 4. The summed E-state index contributed by atoms with van der Waals surface area (Å²) < 4.78 is 0. The molecule has 0 amide bonds. The van der Waals surface area contributed by atoms with Gasteiger partial charge < -0.3 is 16.1 Å². The molecule has 41 heavy (non-hydrogen) atoms. The van der Waals surface area contributed by atoms with Crippen LogP contribution in [0.5, 0.6) is 0 Å². The number of hydrogen-bond donors (Lipinski definition) is 4. The van der Waals surface area contributed by atoms with Crippen molar-refractivity contribution in [2.45, 2.75) is 51.2 Å². The van der Waals surface area contributed by atoms with Gasteiger partial charge in [-0.3, -0.25) is 9.99 Å². The first-order chi connectivity index (χ1) is 19.9. The number of benzene rings is 2. The SMILES string of the molecule is CC[C@@H](Nc1c(C#N)cnc2c(Cl)cc(N[C@H](C3=CN(C4CC4)NN3)c3ccc(Cl)nc3C)cc12)c1ccccc1. The predicted octanol–water partition coefficient (Wildman–Crippen LogP) is 7.16. The van der Waals surface area contributed by atoms with Crippen LogP contribution in [0.1, 0.15) is 60.7 Å². The molecule has 8 nitrogen and oxygen atoms in total. The quantitative estimate of drug-likeness (QED) is 0.154. The number of hydrazine groups is 2. The molecule has 2 aromatic carbocycles. The van der Waals surface area contributed by atoms with E-state index in [1.165, 1.54) is 0 Å². The molecule has 2 aliphatic rings. The van der Waals surface area contributed by atoms with Crippen molar-refractivity contribution in [2.24, 2.45) is 0 Å². The Kier molecular flexibility index (Phi) is 7.59. The highest BCUT2D eigenvalue weighted by Crippen LogP contribution is 2.38. The van der Waals surface area contributed by atoms with Crippen molar-refractivity contribution in [3.05, 3.63) is 105 Å². The fourth-order valence-corrected chi connectivity index (χ4v) is 5.70. The average Bonchev–Trinajstić information content (AvgIpc) is 3.71. The molecule has 1 fully saturated rings. The second-order valence-electron chi connectivity index (χ2n) is 10.4. The topological polar surface area (TPSA) is 101 Å². The molecular formula is C31H30Cl2N8. The summed E-state index contributed by atoms with van der Waals surface area (Å²) in [5.74, 6) is 0. The maximum atomic E-state index is 10.0. The summed E-state index contributed by atoms with van der Waals surface area (Å²) in [7, 11) is 0. The maximum absolute atomic E-state index is 10.0. The third-order valence-electron chi connectivity index (χ3n) is 7.55. The maximum Gasteiger partial charge on any atom is 0.129 e. The highest BCUT2D eigenvalue weighted by molar-refractivity contribution is 6.36. The lowest BCUT2D eigenvalue weighted by Crippen LogP contribution is -2.38. The van der Waals surface area contributed by atoms with E-state index in [1.807, 2.05) is 43.3 Å². The van der Waals surface area contributed by atoms with E-state index in [0.717, 1.165) is 52.9 Å². The summed E-state index contributed by atoms with van der Waals surface area (Å²) in [6.45, 7) is 4.07. The first-order valence-electron chi connectivity index (χ1n) is 13.7. The van der Waals surface area contributed by atoms with E-state index in [4.69, 9.17) is 23.2 Å². The fraction of sp³-hybridized carbons (Fsp3) is 0.258. The number of halogens is 2. The van der Waals surface area contributed by atoms with Gasteiger partial charge in [0.05, 0.1) is 39.6 Å². The number of nitriles is 1. The number of nitrogens with one attached hydrogen (secondary N) is 4. The van der Waals surface area contributed by atoms with Crippen LogP contribution in [0.4, 0.5) is 11.4 Å². The fourth-order valence-electron chi connectivity index (χ4n) is 5.24. The minimum atomic E-state index is -0.277. The summed E-state index contributed by atoms with van der Waals surface area (Å²) in [6.07, 6.45) is 6.83. The summed E-state index contributed by atoms with van der Waals surface area (Å²) in [5, 5.41) is 21.1. The molecule has 10 heteroatoms. The Labute approximate surface area is 249 Å². The standard InChI is InChI=1S/C31H30Cl2N8/c1-3-26(19-7-5-4-6-8-19)38-29-20(15-34)16-35-30-24(29)13-21(14-25(30)32)37-31(23-11-12-28(33)36-18(23)2)27-17-41(40-39-27)22-9-10-22/h4-8,11-14,16-17,22,26,31,37,39-40H,3,9-10H2,1-2H3,(H,35,38)/t26-,31+/m1/s1. The molecule has 4 N–H and O–H groups in total. The Hall–Kier alpha value is -4.03. The van der Waals surface area contributed by atoms with Crippen LogP contribution < -0.4 is 21.6 Å². The molecule has 3 heterocycles. The third kappa shape index (κ3) is 5.62. The smallest absolute Gasteiger partial charge is 0.129 e. The zero-order chi connectivity index (χ0) is 28.5. The Morgan fingerprint density at radius 1 is 1.12 bits per heavy atom. The minimum Gasteiger partial charge on any atom is -0.377 e. The summed E-state index contributed by atoms with van der Waals surface area (Å²) in [5.41, 5.74) is 13.0. The van der Waals surface area contributed by atoms with Gasteiger partial charge in [-0.15, -0.1) is 5.53 Å². The average molecular weight is 586 g/mol. The molecule has 0 radical (unpaired) electrons. The van der Waals surface area contributed by atoms with Gasteiger partial charge in [-0.1, -0.05) is 66.5 Å². The molecule has 2 atom stereocenters. The van der Waals surface area contributed by atoms with Crippen LogP contribution >= 0.6 is 23.2 Å². The van der Waals surface area contributed by atoms with E-state index in [0.29, 0.717) is 33.0 Å². The molecule has 208 valence electrons. The predicted molar refractivity (Wildman–Crippen MR) is 164 cm³/mol. The molecule has 0 bridgehead atoms. The van der Waals surface area contributed by atoms with Gasteiger partial charge in [0.2, 0.25) is 0 Å². The Bertz CT molecular complexity index is 1660. The highest BCUT2D eigenvalue weighted by atomic mass is 35.5. The number of aromatic nitrogens is 2. The van der Waals surface area contributed by atoms with Crippen LogP contribution in [-0.4, -0.2) is 21.0 Å². The van der Waals surface area contributed by atoms with Crippen LogP contribution in [0.25, 0.3) is 10.9 Å². The Balaban J connectivity index is 1.42. The van der Waals surface area contributed by atoms with Gasteiger partial charge in [0, 0.05) is 40.8 Å². The molecule has 1 saturated carbocycles. The summed E-state index contributed by atoms with van der Waals surface area (Å²) in [6, 6.07) is 20.4. The van der Waals surface area contributed by atoms with Crippen molar-refractivity contribution in [3.8, 4) is 6.07 Å². The molecule has 4 aromatic rings. The van der Waals surface area contributed by atoms with E-state index in [9.17, 15) is 5.26 Å². The lowest BCUT2D eigenvalue weighted by Gasteiger charge is -2.24. The second kappa shape index (κ2) is 11.5. The largest absolute Gasteiger partial charge is 0.377 e. The molecule has 6 rings (SSSR count). The number of fused-ring (bicyclic) bond motifs is 1. The van der Waals surface area contributed by atoms with E-state index in [2.05, 4.69) is 67.9 Å². The van der Waals surface area contributed by atoms with E-state index >= 15 is 0 Å². The Morgan fingerprint density at radius 3 is 2.63 bits per heavy atom. The van der Waals surface area contributed by atoms with Crippen molar-refractivity contribution >= 4 is 45.5 Å². The number of pyridine rings is 2. The lowest BCUT2D eigenvalue weighted by atomic mass is 10.0. The van der Waals surface area contributed by atoms with Crippen molar-refractivity contribution in [2.75, 3.05) is 10.6 Å². The molecule has 0 unspecified atom stereocenters. The normalized spacial score (nSPS) is 16.1. The van der Waals surface area contributed by atoms with E-state index in [1.54, 1.807) is 12.3 Å². The van der Waals surface area contributed by atoms with Gasteiger partial charge in [-0.05, 0) is 49.9 Å². The monoisotopic (exact) mass is 584 g/mol. The zero-order valence-corrected chi connectivity index (χ0v) is 24.3. The van der Waals surface area contributed by atoms with E-state index < -0.39 is 0 Å². The minimum absolute atomic E-state index is 0.00663. The van der Waals surface area contributed by atoms with Gasteiger partial charge >= 0.3 is 0 Å². The van der Waals surface area contributed by atoms with Gasteiger partial charge in [-0.2, -0.15) is 5.26 Å². The van der Waals surface area contributed by atoms with Crippen LogP contribution in [0.2, 0.25) is 10.2 Å². The number of anilines is 2. The molecule has 0 spiro atoms. The second-order valence-corrected chi connectivity index (χ2v) is 11.2. The first kappa shape index (κ1) is 27.2. The highest BCUT2D eigenvalue weighted by Gasteiger charge is 2.33. The van der Waals surface area contributed by atoms with Crippen molar-refractivity contribution in [1.29, 1.82) is 5.26 Å². The molecule has 1 aliphatic carbocycles. The van der Waals surface area contributed by atoms with Crippen LogP contribution in [-0.2, 0) is 0 Å². The van der Waals surface area contributed by atoms with Crippen molar-refractivity contribution in [1.82, 2.24) is 25.9 Å². The summed E-state index contributed by atoms with van der Waals surface area (Å²) >= 11 is 13.0. The summed E-state index contributed by atoms with van der Waals surface area (Å²) in [4.78, 5) is 9.05.